The van der Waals surface area contributed by atoms with Gasteiger partial charge in [0.05, 0.1) is 0 Å². The molecule has 0 aliphatic heterocycles. The molecule has 1 nitrogen and oxygen atoms in total. The number of rotatable bonds is 7. The quantitative estimate of drug-likeness (QED) is 0.385. The van der Waals surface area contributed by atoms with E-state index in [1.165, 1.54) is 11.1 Å². The summed E-state index contributed by atoms with van der Waals surface area (Å²) in [6, 6.07) is 41.9. The van der Waals surface area contributed by atoms with Crippen molar-refractivity contribution in [2.24, 2.45) is 17.8 Å². The van der Waals surface area contributed by atoms with Crippen molar-refractivity contribution in [3.63, 3.8) is 0 Å². The fraction of sp³-hybridized carbons (Fsp3) is 0.200. The van der Waals surface area contributed by atoms with Gasteiger partial charge in [-0.25, -0.2) is 0 Å². The molecule has 154 valence electrons. The Kier molecular flexibility index (Phi) is 5.44. The van der Waals surface area contributed by atoms with Crippen LogP contribution in [-0.4, -0.2) is 5.11 Å². The van der Waals surface area contributed by atoms with E-state index >= 15 is 0 Å². The minimum atomic E-state index is -0.999. The molecule has 1 N–H and O–H groups in total. The fourth-order valence-electron chi connectivity index (χ4n) is 5.33. The van der Waals surface area contributed by atoms with Gasteiger partial charge in [0.2, 0.25) is 0 Å². The van der Waals surface area contributed by atoms with Gasteiger partial charge in [-0.2, -0.15) is 0 Å². The van der Waals surface area contributed by atoms with Gasteiger partial charge >= 0.3 is 0 Å². The molecule has 0 heterocycles. The first-order valence-corrected chi connectivity index (χ1v) is 11.2. The van der Waals surface area contributed by atoms with Gasteiger partial charge in [0.25, 0.3) is 0 Å². The van der Waals surface area contributed by atoms with Crippen LogP contribution in [-0.2, 0) is 18.4 Å². The molecule has 0 radical (unpaired) electrons. The summed E-state index contributed by atoms with van der Waals surface area (Å²) in [6.45, 7) is 0. The lowest BCUT2D eigenvalue weighted by Crippen LogP contribution is -2.31. The maximum atomic E-state index is 12.4. The lowest BCUT2D eigenvalue weighted by molar-refractivity contribution is 0.0459. The highest BCUT2D eigenvalue weighted by Crippen LogP contribution is 2.60. The predicted octanol–water partition coefficient (Wildman–Crippen LogP) is 6.27. The molecular weight excluding hydrogens is 376 g/mol. The summed E-state index contributed by atoms with van der Waals surface area (Å²) in [5.74, 6) is 1.01. The minimum Gasteiger partial charge on any atom is -0.380 e. The Labute approximate surface area is 185 Å². The topological polar surface area (TPSA) is 20.2 Å². The summed E-state index contributed by atoms with van der Waals surface area (Å²) in [5.41, 5.74) is 3.66. The number of aliphatic hydroxyl groups is 1. The van der Waals surface area contributed by atoms with E-state index in [1.807, 2.05) is 36.4 Å². The second-order valence-electron chi connectivity index (χ2n) is 8.73. The van der Waals surface area contributed by atoms with E-state index in [0.717, 1.165) is 24.0 Å². The van der Waals surface area contributed by atoms with E-state index in [9.17, 15) is 5.11 Å². The van der Waals surface area contributed by atoms with Crippen LogP contribution in [0, 0.1) is 17.8 Å². The van der Waals surface area contributed by atoms with Gasteiger partial charge in [0.1, 0.15) is 5.60 Å². The molecule has 0 aromatic heterocycles. The number of hydrogen-bond acceptors (Lipinski definition) is 1. The van der Waals surface area contributed by atoms with E-state index in [1.54, 1.807) is 0 Å². The van der Waals surface area contributed by atoms with Crippen LogP contribution in [0.2, 0.25) is 0 Å². The zero-order chi connectivity index (χ0) is 21.1. The highest BCUT2D eigenvalue weighted by Gasteiger charge is 2.60. The van der Waals surface area contributed by atoms with E-state index in [4.69, 9.17) is 0 Å². The molecule has 0 spiro atoms. The van der Waals surface area contributed by atoms with Gasteiger partial charge in [-0.15, -0.1) is 0 Å². The molecule has 1 saturated carbocycles. The highest BCUT2D eigenvalue weighted by molar-refractivity contribution is 5.40. The van der Waals surface area contributed by atoms with E-state index in [-0.39, 0.29) is 5.92 Å². The summed E-state index contributed by atoms with van der Waals surface area (Å²) in [7, 11) is 0. The Hall–Kier alpha value is -3.16. The van der Waals surface area contributed by atoms with Crippen LogP contribution in [0.3, 0.4) is 0 Å². The zero-order valence-corrected chi connectivity index (χ0v) is 17.6. The van der Waals surface area contributed by atoms with Crippen molar-refractivity contribution < 1.29 is 5.11 Å². The number of hydrogen-bond donors (Lipinski definition) is 1. The van der Waals surface area contributed by atoms with Crippen LogP contribution < -0.4 is 0 Å². The van der Waals surface area contributed by atoms with Crippen LogP contribution >= 0.6 is 0 Å². The molecule has 0 amide bonds. The van der Waals surface area contributed by atoms with Crippen molar-refractivity contribution in [1.29, 1.82) is 0 Å². The van der Waals surface area contributed by atoms with Crippen LogP contribution in [0.25, 0.3) is 0 Å². The Morgan fingerprint density at radius 3 is 1.16 bits per heavy atom. The SMILES string of the molecule is OC(c1ccccc1)(c1ccccc1)C1C(Cc2ccccc2)C1Cc1ccccc1. The molecule has 1 aliphatic rings. The van der Waals surface area contributed by atoms with Crippen LogP contribution in [0.5, 0.6) is 0 Å². The third-order valence-electron chi connectivity index (χ3n) is 6.87. The van der Waals surface area contributed by atoms with Gasteiger partial charge in [0.15, 0.2) is 0 Å². The van der Waals surface area contributed by atoms with Gasteiger partial charge in [-0.05, 0) is 46.9 Å². The predicted molar refractivity (Wildman–Crippen MR) is 127 cm³/mol. The monoisotopic (exact) mass is 404 g/mol. The molecule has 1 aliphatic carbocycles. The Morgan fingerprint density at radius 1 is 0.484 bits per heavy atom. The first-order valence-electron chi connectivity index (χ1n) is 11.2. The summed E-state index contributed by atoms with van der Waals surface area (Å²) < 4.78 is 0. The summed E-state index contributed by atoms with van der Waals surface area (Å²) in [5, 5.41) is 12.4. The third-order valence-corrected chi connectivity index (χ3v) is 6.87. The fourth-order valence-corrected chi connectivity index (χ4v) is 5.33. The second kappa shape index (κ2) is 8.53. The molecule has 31 heavy (non-hydrogen) atoms. The van der Waals surface area contributed by atoms with Crippen LogP contribution in [0.4, 0.5) is 0 Å². The maximum absolute atomic E-state index is 12.4. The van der Waals surface area contributed by atoms with Gasteiger partial charge in [-0.3, -0.25) is 0 Å². The summed E-state index contributed by atoms with van der Waals surface area (Å²) >= 11 is 0. The van der Waals surface area contributed by atoms with E-state index in [2.05, 4.69) is 84.9 Å². The van der Waals surface area contributed by atoms with Gasteiger partial charge in [0, 0.05) is 5.92 Å². The zero-order valence-electron chi connectivity index (χ0n) is 17.6. The molecule has 2 atom stereocenters. The van der Waals surface area contributed by atoms with Crippen LogP contribution in [0.1, 0.15) is 22.3 Å². The third kappa shape index (κ3) is 3.94. The van der Waals surface area contributed by atoms with Crippen LogP contribution in [0.15, 0.2) is 121 Å². The largest absolute Gasteiger partial charge is 0.380 e. The first kappa shape index (κ1) is 19.8. The van der Waals surface area contributed by atoms with Crippen molar-refractivity contribution in [2.45, 2.75) is 18.4 Å². The molecule has 4 aromatic rings. The Bertz CT molecular complexity index is 1000. The Morgan fingerprint density at radius 2 is 0.806 bits per heavy atom. The van der Waals surface area contributed by atoms with Gasteiger partial charge < -0.3 is 5.11 Å². The lowest BCUT2D eigenvalue weighted by atomic mass is 9.80. The van der Waals surface area contributed by atoms with Crippen molar-refractivity contribution in [3.05, 3.63) is 144 Å². The summed E-state index contributed by atoms with van der Waals surface area (Å²) in [6.07, 6.45) is 1.98. The Balaban J connectivity index is 1.55. The smallest absolute Gasteiger partial charge is 0.118 e. The lowest BCUT2D eigenvalue weighted by Gasteiger charge is -2.31. The van der Waals surface area contributed by atoms with Crippen molar-refractivity contribution >= 4 is 0 Å². The first-order chi connectivity index (χ1) is 15.3. The number of benzene rings is 4. The van der Waals surface area contributed by atoms with E-state index in [0.29, 0.717) is 11.8 Å². The molecule has 0 bridgehead atoms. The normalized spacial score (nSPS) is 20.4. The maximum Gasteiger partial charge on any atom is 0.118 e. The minimum absolute atomic E-state index is 0.165. The van der Waals surface area contributed by atoms with Crippen molar-refractivity contribution in [2.75, 3.05) is 0 Å². The van der Waals surface area contributed by atoms with Crippen molar-refractivity contribution in [1.82, 2.24) is 0 Å². The standard InChI is InChI=1S/C30H28O/c31-30(25-17-9-3-10-18-25,26-19-11-4-12-20-26)29-27(21-23-13-5-1-6-14-23)28(29)22-24-15-7-2-8-16-24/h1-20,27-29,31H,21-22H2. The molecule has 1 fully saturated rings. The average molecular weight is 405 g/mol. The molecule has 2 unspecified atom stereocenters. The summed E-state index contributed by atoms with van der Waals surface area (Å²) in [4.78, 5) is 0. The van der Waals surface area contributed by atoms with Gasteiger partial charge in [-0.1, -0.05) is 121 Å². The van der Waals surface area contributed by atoms with E-state index < -0.39 is 5.60 Å². The molecular formula is C30H28O. The highest BCUT2D eigenvalue weighted by atomic mass is 16.3. The molecule has 0 saturated heterocycles. The molecule has 4 aromatic carbocycles. The average Bonchev–Trinajstić information content (AvgIpc) is 3.52. The molecule has 5 rings (SSSR count). The van der Waals surface area contributed by atoms with Crippen molar-refractivity contribution in [3.8, 4) is 0 Å². The molecule has 1 heteroatoms. The second-order valence-corrected chi connectivity index (χ2v) is 8.73.